The summed E-state index contributed by atoms with van der Waals surface area (Å²) in [6, 6.07) is 6.69. The molecule has 1 aromatic rings. The quantitative estimate of drug-likeness (QED) is 0.780. The molecule has 0 saturated heterocycles. The fourth-order valence-corrected chi connectivity index (χ4v) is 1.18. The van der Waals surface area contributed by atoms with Crippen molar-refractivity contribution in [3.8, 4) is 6.07 Å². The summed E-state index contributed by atoms with van der Waals surface area (Å²) in [4.78, 5) is 11.2. The Balaban J connectivity index is 2.89. The predicted molar refractivity (Wildman–Crippen MR) is 59.6 cm³/mol. The first kappa shape index (κ1) is 11.3. The van der Waals surface area contributed by atoms with Gasteiger partial charge < -0.3 is 5.32 Å². The molecule has 0 atom stereocenters. The van der Waals surface area contributed by atoms with Gasteiger partial charge in [-0.25, -0.2) is 0 Å². The fraction of sp³-hybridized carbons (Fsp3) is 0.0909. The summed E-state index contributed by atoms with van der Waals surface area (Å²) in [5, 5.41) is 11.7. The molecule has 1 N–H and O–H groups in total. The maximum Gasteiger partial charge on any atom is 0.248 e. The molecule has 0 unspecified atom stereocenters. The van der Waals surface area contributed by atoms with Crippen LogP contribution in [0.2, 0.25) is 5.02 Å². The first-order chi connectivity index (χ1) is 7.17. The van der Waals surface area contributed by atoms with Gasteiger partial charge in [-0.05, 0) is 31.2 Å². The Morgan fingerprint density at radius 2 is 2.33 bits per heavy atom. The van der Waals surface area contributed by atoms with Crippen molar-refractivity contribution in [1.29, 1.82) is 5.26 Å². The molecular formula is C11H9ClN2O. The van der Waals surface area contributed by atoms with E-state index in [1.807, 2.05) is 6.07 Å². The molecule has 0 saturated carbocycles. The number of rotatable bonds is 2. The van der Waals surface area contributed by atoms with Gasteiger partial charge in [0.25, 0.3) is 0 Å². The average Bonchev–Trinajstić information content (AvgIpc) is 2.21. The van der Waals surface area contributed by atoms with Crippen molar-refractivity contribution in [2.75, 3.05) is 5.32 Å². The van der Waals surface area contributed by atoms with Gasteiger partial charge in [-0.3, -0.25) is 4.79 Å². The van der Waals surface area contributed by atoms with Crippen LogP contribution in [0.5, 0.6) is 0 Å². The van der Waals surface area contributed by atoms with Crippen LogP contribution in [0.1, 0.15) is 12.5 Å². The topological polar surface area (TPSA) is 52.9 Å². The van der Waals surface area contributed by atoms with Crippen LogP contribution >= 0.6 is 11.6 Å². The molecular weight excluding hydrogens is 212 g/mol. The Morgan fingerprint density at radius 3 is 2.93 bits per heavy atom. The van der Waals surface area contributed by atoms with Crippen LogP contribution in [0, 0.1) is 11.3 Å². The Morgan fingerprint density at radius 1 is 1.60 bits per heavy atom. The molecule has 0 aliphatic carbocycles. The fourth-order valence-electron chi connectivity index (χ4n) is 1.02. The lowest BCUT2D eigenvalue weighted by Gasteiger charge is -2.02. The highest BCUT2D eigenvalue weighted by Crippen LogP contribution is 2.19. The summed E-state index contributed by atoms with van der Waals surface area (Å²) in [6.45, 7) is 1.75. The molecule has 1 amide bonds. The molecule has 0 radical (unpaired) electrons. The Labute approximate surface area is 93.0 Å². The van der Waals surface area contributed by atoms with Gasteiger partial charge >= 0.3 is 0 Å². The monoisotopic (exact) mass is 220 g/mol. The zero-order valence-corrected chi connectivity index (χ0v) is 8.88. The molecule has 76 valence electrons. The molecule has 0 fully saturated rings. The first-order valence-electron chi connectivity index (χ1n) is 4.30. The number of hydrogen-bond donors (Lipinski definition) is 1. The largest absolute Gasteiger partial charge is 0.322 e. The summed E-state index contributed by atoms with van der Waals surface area (Å²) < 4.78 is 0. The Kier molecular flexibility index (Phi) is 3.90. The summed E-state index contributed by atoms with van der Waals surface area (Å²) in [5.41, 5.74) is 0.897. The van der Waals surface area contributed by atoms with Gasteiger partial charge in [0.1, 0.15) is 6.07 Å². The zero-order chi connectivity index (χ0) is 11.3. The minimum Gasteiger partial charge on any atom is -0.322 e. The SMILES string of the molecule is C/C=C/C(=O)Nc1ccc(Cl)c(C#N)c1. The van der Waals surface area contributed by atoms with Crippen LogP contribution in [-0.2, 0) is 4.79 Å². The van der Waals surface area contributed by atoms with Crippen LogP contribution in [0.3, 0.4) is 0 Å². The minimum absolute atomic E-state index is 0.233. The lowest BCUT2D eigenvalue weighted by Crippen LogP contribution is -2.07. The molecule has 3 nitrogen and oxygen atoms in total. The minimum atomic E-state index is -0.233. The van der Waals surface area contributed by atoms with Crippen molar-refractivity contribution < 1.29 is 4.79 Å². The number of nitriles is 1. The van der Waals surface area contributed by atoms with Crippen LogP contribution < -0.4 is 5.32 Å². The second-order valence-corrected chi connectivity index (χ2v) is 3.20. The van der Waals surface area contributed by atoms with E-state index >= 15 is 0 Å². The molecule has 1 rings (SSSR count). The number of anilines is 1. The molecule has 0 bridgehead atoms. The molecule has 4 heteroatoms. The van der Waals surface area contributed by atoms with E-state index in [9.17, 15) is 4.79 Å². The summed E-state index contributed by atoms with van der Waals surface area (Å²) in [5.74, 6) is -0.233. The van der Waals surface area contributed by atoms with Crippen molar-refractivity contribution >= 4 is 23.2 Å². The number of hydrogen-bond acceptors (Lipinski definition) is 2. The number of halogens is 1. The second kappa shape index (κ2) is 5.18. The number of carbonyl (C=O) groups excluding carboxylic acids is 1. The van der Waals surface area contributed by atoms with Crippen LogP contribution in [0.25, 0.3) is 0 Å². The van der Waals surface area contributed by atoms with Gasteiger partial charge in [-0.1, -0.05) is 17.7 Å². The number of benzene rings is 1. The highest BCUT2D eigenvalue weighted by Gasteiger charge is 2.02. The van der Waals surface area contributed by atoms with Crippen LogP contribution in [0.15, 0.2) is 30.4 Å². The Bertz CT molecular complexity index is 446. The maximum atomic E-state index is 11.2. The standard InChI is InChI=1S/C11H9ClN2O/c1-2-3-11(15)14-9-4-5-10(12)8(6-9)7-13/h2-6H,1H3,(H,14,15)/b3-2+. The van der Waals surface area contributed by atoms with Gasteiger partial charge in [0.2, 0.25) is 5.91 Å². The van der Waals surface area contributed by atoms with E-state index in [4.69, 9.17) is 16.9 Å². The van der Waals surface area contributed by atoms with Gasteiger partial charge in [0.15, 0.2) is 0 Å². The third kappa shape index (κ3) is 3.12. The number of nitrogens with one attached hydrogen (secondary N) is 1. The number of nitrogens with zero attached hydrogens (tertiary/aromatic N) is 1. The number of carbonyl (C=O) groups is 1. The maximum absolute atomic E-state index is 11.2. The highest BCUT2D eigenvalue weighted by atomic mass is 35.5. The van der Waals surface area contributed by atoms with Gasteiger partial charge in [0.05, 0.1) is 10.6 Å². The van der Waals surface area contributed by atoms with Crippen LogP contribution in [-0.4, -0.2) is 5.91 Å². The van der Waals surface area contributed by atoms with E-state index in [-0.39, 0.29) is 5.91 Å². The van der Waals surface area contributed by atoms with E-state index < -0.39 is 0 Å². The Hall–Kier alpha value is -1.79. The normalized spacial score (nSPS) is 9.93. The van der Waals surface area contributed by atoms with E-state index in [0.29, 0.717) is 16.3 Å². The molecule has 1 aromatic carbocycles. The number of amides is 1. The number of allylic oxidation sites excluding steroid dienone is 1. The van der Waals surface area contributed by atoms with E-state index in [1.165, 1.54) is 12.1 Å². The molecule has 0 aliphatic rings. The third-order valence-electron chi connectivity index (χ3n) is 1.67. The van der Waals surface area contributed by atoms with Crippen molar-refractivity contribution in [2.45, 2.75) is 6.92 Å². The van der Waals surface area contributed by atoms with E-state index in [2.05, 4.69) is 5.32 Å². The van der Waals surface area contributed by atoms with Crippen molar-refractivity contribution in [2.24, 2.45) is 0 Å². The van der Waals surface area contributed by atoms with Crippen molar-refractivity contribution in [3.63, 3.8) is 0 Å². The average molecular weight is 221 g/mol. The van der Waals surface area contributed by atoms with Gasteiger partial charge in [0, 0.05) is 5.69 Å². The lowest BCUT2D eigenvalue weighted by molar-refractivity contribution is -0.111. The molecule has 0 aromatic heterocycles. The van der Waals surface area contributed by atoms with E-state index in [0.717, 1.165) is 0 Å². The summed E-state index contributed by atoms with van der Waals surface area (Å²) in [7, 11) is 0. The first-order valence-corrected chi connectivity index (χ1v) is 4.68. The van der Waals surface area contributed by atoms with Gasteiger partial charge in [-0.15, -0.1) is 0 Å². The van der Waals surface area contributed by atoms with Crippen molar-refractivity contribution in [3.05, 3.63) is 40.9 Å². The molecule has 0 spiro atoms. The second-order valence-electron chi connectivity index (χ2n) is 2.80. The summed E-state index contributed by atoms with van der Waals surface area (Å²) in [6.07, 6.45) is 3.04. The van der Waals surface area contributed by atoms with E-state index in [1.54, 1.807) is 25.1 Å². The predicted octanol–water partition coefficient (Wildman–Crippen LogP) is 2.73. The van der Waals surface area contributed by atoms with Gasteiger partial charge in [-0.2, -0.15) is 5.26 Å². The van der Waals surface area contributed by atoms with Crippen LogP contribution in [0.4, 0.5) is 5.69 Å². The molecule has 0 aliphatic heterocycles. The lowest BCUT2D eigenvalue weighted by atomic mass is 10.2. The van der Waals surface area contributed by atoms with Crippen molar-refractivity contribution in [1.82, 2.24) is 0 Å². The molecule has 0 heterocycles. The molecule has 15 heavy (non-hydrogen) atoms. The third-order valence-corrected chi connectivity index (χ3v) is 2.00. The summed E-state index contributed by atoms with van der Waals surface area (Å²) >= 11 is 5.74. The highest BCUT2D eigenvalue weighted by molar-refractivity contribution is 6.31. The smallest absolute Gasteiger partial charge is 0.248 e. The zero-order valence-electron chi connectivity index (χ0n) is 8.12.